The Morgan fingerprint density at radius 2 is 1.68 bits per heavy atom. The van der Waals surface area contributed by atoms with Crippen LogP contribution in [0.3, 0.4) is 0 Å². The van der Waals surface area contributed by atoms with Crippen molar-refractivity contribution in [1.82, 2.24) is 0 Å². The van der Waals surface area contributed by atoms with E-state index in [2.05, 4.69) is 57.2 Å². The highest BCUT2D eigenvalue weighted by atomic mass is 32.1. The molecule has 0 saturated heterocycles. The van der Waals surface area contributed by atoms with E-state index >= 15 is 0 Å². The number of hydrogen-bond donors (Lipinski definition) is 0. The van der Waals surface area contributed by atoms with Gasteiger partial charge in [-0.3, -0.25) is 0 Å². The Kier molecular flexibility index (Phi) is 6.71. The molecule has 0 saturated carbocycles. The van der Waals surface area contributed by atoms with Gasteiger partial charge in [0.05, 0.1) is 0 Å². The SMILES string of the molecule is CC1=CC(c2ccccc2)[C@H](C)[C@H](C)CC1.O=S=O. The van der Waals surface area contributed by atoms with Crippen LogP contribution in [0.15, 0.2) is 42.0 Å². The van der Waals surface area contributed by atoms with Crippen molar-refractivity contribution in [2.24, 2.45) is 11.8 Å². The van der Waals surface area contributed by atoms with Crippen LogP contribution < -0.4 is 0 Å². The van der Waals surface area contributed by atoms with Crippen LogP contribution in [0.25, 0.3) is 0 Å². The molecular weight excluding hydrogens is 256 g/mol. The summed E-state index contributed by atoms with van der Waals surface area (Å²) in [6.45, 7) is 7.07. The minimum absolute atomic E-state index is 0.610. The number of benzene rings is 1. The fourth-order valence-corrected chi connectivity index (χ4v) is 2.69. The van der Waals surface area contributed by atoms with E-state index in [0.717, 1.165) is 11.8 Å². The number of rotatable bonds is 1. The van der Waals surface area contributed by atoms with E-state index in [1.165, 1.54) is 18.4 Å². The van der Waals surface area contributed by atoms with Gasteiger partial charge in [0, 0.05) is 5.92 Å². The second kappa shape index (κ2) is 8.05. The molecule has 0 aliphatic heterocycles. The fourth-order valence-electron chi connectivity index (χ4n) is 2.69. The Morgan fingerprint density at radius 3 is 2.26 bits per heavy atom. The van der Waals surface area contributed by atoms with E-state index in [1.807, 2.05) is 0 Å². The van der Waals surface area contributed by atoms with Gasteiger partial charge in [0.15, 0.2) is 0 Å². The first-order valence-electron chi connectivity index (χ1n) is 6.74. The summed E-state index contributed by atoms with van der Waals surface area (Å²) in [6, 6.07) is 10.9. The van der Waals surface area contributed by atoms with Crippen LogP contribution in [0.5, 0.6) is 0 Å². The molecule has 0 fully saturated rings. The van der Waals surface area contributed by atoms with Gasteiger partial charge in [0.25, 0.3) is 0 Å². The average molecular weight is 278 g/mol. The molecule has 104 valence electrons. The first-order chi connectivity index (χ1) is 9.10. The Balaban J connectivity index is 0.000000550. The molecule has 1 aromatic rings. The lowest BCUT2D eigenvalue weighted by atomic mass is 9.80. The van der Waals surface area contributed by atoms with Crippen molar-refractivity contribution < 1.29 is 8.42 Å². The highest BCUT2D eigenvalue weighted by Gasteiger charge is 2.24. The van der Waals surface area contributed by atoms with Crippen LogP contribution in [-0.2, 0) is 11.6 Å². The lowest BCUT2D eigenvalue weighted by molar-refractivity contribution is 0.347. The standard InChI is InChI=1S/C16H22.O2S/c1-12-9-10-13(2)14(3)16(11-12)15-7-5-4-6-8-15;1-3-2/h4-8,11,13-14,16H,9-10H2,1-3H3;/t13-,14-,16?;/m1./s1. The van der Waals surface area contributed by atoms with E-state index in [9.17, 15) is 0 Å². The lowest BCUT2D eigenvalue weighted by Crippen LogP contribution is -2.14. The average Bonchev–Trinajstić information content (AvgIpc) is 2.54. The highest BCUT2D eigenvalue weighted by molar-refractivity contribution is 7.51. The van der Waals surface area contributed by atoms with Crippen molar-refractivity contribution in [3.8, 4) is 0 Å². The maximum atomic E-state index is 8.29. The summed E-state index contributed by atoms with van der Waals surface area (Å²) >= 11 is -0.750. The normalized spacial score (nSPS) is 26.5. The van der Waals surface area contributed by atoms with E-state index in [-0.39, 0.29) is 0 Å². The van der Waals surface area contributed by atoms with Crippen LogP contribution >= 0.6 is 0 Å². The van der Waals surface area contributed by atoms with Gasteiger partial charge in [-0.1, -0.05) is 55.8 Å². The van der Waals surface area contributed by atoms with Crippen molar-refractivity contribution in [3.63, 3.8) is 0 Å². The predicted molar refractivity (Wildman–Crippen MR) is 79.4 cm³/mol. The Hall–Kier alpha value is -1.22. The molecule has 1 aromatic carbocycles. The minimum atomic E-state index is -0.750. The van der Waals surface area contributed by atoms with E-state index in [0.29, 0.717) is 5.92 Å². The second-order valence-corrected chi connectivity index (χ2v) is 5.53. The Labute approximate surface area is 119 Å². The van der Waals surface area contributed by atoms with Crippen LogP contribution in [-0.4, -0.2) is 8.42 Å². The molecule has 0 amide bonds. The molecule has 3 atom stereocenters. The summed E-state index contributed by atoms with van der Waals surface area (Å²) < 4.78 is 16.6. The summed E-state index contributed by atoms with van der Waals surface area (Å²) in [5, 5.41) is 0. The van der Waals surface area contributed by atoms with Crippen LogP contribution in [0, 0.1) is 11.8 Å². The molecule has 0 aromatic heterocycles. The zero-order chi connectivity index (χ0) is 14.3. The smallest absolute Gasteiger partial charge is 0.168 e. The number of allylic oxidation sites excluding steroid dienone is 2. The first kappa shape index (κ1) is 15.8. The molecule has 2 rings (SSSR count). The maximum absolute atomic E-state index is 8.29. The molecular formula is C16H22O2S. The topological polar surface area (TPSA) is 34.1 Å². The first-order valence-corrected chi connectivity index (χ1v) is 7.40. The van der Waals surface area contributed by atoms with Gasteiger partial charge in [-0.25, -0.2) is 0 Å². The molecule has 0 N–H and O–H groups in total. The quantitative estimate of drug-likeness (QED) is 0.724. The molecule has 0 heterocycles. The van der Waals surface area contributed by atoms with E-state index < -0.39 is 11.6 Å². The molecule has 3 heteroatoms. The third-order valence-corrected chi connectivity index (χ3v) is 4.11. The summed E-state index contributed by atoms with van der Waals surface area (Å²) in [5.74, 6) is 2.18. The largest absolute Gasteiger partial charge is 0.335 e. The highest BCUT2D eigenvalue weighted by Crippen LogP contribution is 2.37. The maximum Gasteiger partial charge on any atom is 0.335 e. The van der Waals surface area contributed by atoms with Crippen LogP contribution in [0.1, 0.15) is 45.1 Å². The molecule has 0 bridgehead atoms. The zero-order valence-corrected chi connectivity index (χ0v) is 12.7. The number of hydrogen-bond acceptors (Lipinski definition) is 2. The molecule has 2 nitrogen and oxygen atoms in total. The minimum Gasteiger partial charge on any atom is -0.168 e. The van der Waals surface area contributed by atoms with Crippen LogP contribution in [0.2, 0.25) is 0 Å². The van der Waals surface area contributed by atoms with Crippen molar-refractivity contribution in [2.75, 3.05) is 0 Å². The predicted octanol–water partition coefficient (Wildman–Crippen LogP) is 4.11. The summed E-state index contributed by atoms with van der Waals surface area (Å²) in [7, 11) is 0. The van der Waals surface area contributed by atoms with Crippen molar-refractivity contribution in [2.45, 2.75) is 39.5 Å². The van der Waals surface area contributed by atoms with Crippen molar-refractivity contribution >= 4 is 11.6 Å². The molecule has 1 aliphatic rings. The summed E-state index contributed by atoms with van der Waals surface area (Å²) in [6.07, 6.45) is 5.10. The zero-order valence-electron chi connectivity index (χ0n) is 11.8. The van der Waals surface area contributed by atoms with E-state index in [4.69, 9.17) is 8.42 Å². The molecule has 19 heavy (non-hydrogen) atoms. The van der Waals surface area contributed by atoms with Gasteiger partial charge >= 0.3 is 11.6 Å². The second-order valence-electron chi connectivity index (χ2n) is 5.39. The lowest BCUT2D eigenvalue weighted by Gasteiger charge is -2.25. The van der Waals surface area contributed by atoms with Crippen molar-refractivity contribution in [1.29, 1.82) is 0 Å². The van der Waals surface area contributed by atoms with Gasteiger partial charge in [0.2, 0.25) is 0 Å². The molecule has 0 spiro atoms. The van der Waals surface area contributed by atoms with Crippen molar-refractivity contribution in [3.05, 3.63) is 47.5 Å². The van der Waals surface area contributed by atoms with E-state index in [1.54, 1.807) is 5.57 Å². The summed E-state index contributed by atoms with van der Waals surface area (Å²) in [5.41, 5.74) is 3.04. The van der Waals surface area contributed by atoms with Gasteiger partial charge in [0.1, 0.15) is 0 Å². The van der Waals surface area contributed by atoms with Gasteiger partial charge in [-0.05, 0) is 37.2 Å². The third kappa shape index (κ3) is 4.75. The van der Waals surface area contributed by atoms with Gasteiger partial charge in [-0.15, -0.1) is 0 Å². The third-order valence-electron chi connectivity index (χ3n) is 4.11. The molecule has 1 unspecified atom stereocenters. The monoisotopic (exact) mass is 278 g/mol. The van der Waals surface area contributed by atoms with Gasteiger partial charge < -0.3 is 0 Å². The molecule has 1 aliphatic carbocycles. The van der Waals surface area contributed by atoms with Gasteiger partial charge in [-0.2, -0.15) is 8.42 Å². The molecule has 0 radical (unpaired) electrons. The van der Waals surface area contributed by atoms with Crippen LogP contribution in [0.4, 0.5) is 0 Å². The fraction of sp³-hybridized carbons (Fsp3) is 0.500. The Bertz CT molecular complexity index is 447. The Morgan fingerprint density at radius 1 is 1.11 bits per heavy atom. The summed E-state index contributed by atoms with van der Waals surface area (Å²) in [4.78, 5) is 0.